The molecule has 0 N–H and O–H groups in total. The lowest BCUT2D eigenvalue weighted by Crippen LogP contribution is -2.02. The highest BCUT2D eigenvalue weighted by Crippen LogP contribution is 2.27. The van der Waals surface area contributed by atoms with Crippen LogP contribution in [0.1, 0.15) is 39.9 Å². The van der Waals surface area contributed by atoms with E-state index < -0.39 is 0 Å². The molecular formula is C18H18O2. The number of hydrogen-bond acceptors (Lipinski definition) is 2. The molecule has 2 aromatic carbocycles. The van der Waals surface area contributed by atoms with E-state index in [9.17, 15) is 4.79 Å². The number of carbonyl (C=O) groups excluding carboxylic acids is 1. The van der Waals surface area contributed by atoms with Crippen LogP contribution in [-0.4, -0.2) is 11.9 Å². The second-order valence-corrected chi connectivity index (χ2v) is 5.47. The molecule has 0 saturated heterocycles. The maximum Gasteiger partial charge on any atom is 0.193 e. The minimum Gasteiger partial charge on any atom is -0.490 e. The van der Waals surface area contributed by atoms with Crippen LogP contribution in [0.15, 0.2) is 42.5 Å². The third-order valence-corrected chi connectivity index (χ3v) is 3.71. The molecule has 0 atom stereocenters. The van der Waals surface area contributed by atoms with Crippen molar-refractivity contribution in [3.05, 3.63) is 64.7 Å². The second-order valence-electron chi connectivity index (χ2n) is 5.47. The predicted octanol–water partition coefficient (Wildman–Crippen LogP) is 4.08. The number of ketones is 1. The van der Waals surface area contributed by atoms with Crippen LogP contribution >= 0.6 is 0 Å². The van der Waals surface area contributed by atoms with E-state index in [1.807, 2.05) is 56.3 Å². The van der Waals surface area contributed by atoms with Gasteiger partial charge in [0.1, 0.15) is 5.75 Å². The molecule has 0 spiro atoms. The molecule has 2 nitrogen and oxygen atoms in total. The first kappa shape index (κ1) is 12.9. The van der Waals surface area contributed by atoms with Gasteiger partial charge in [0.25, 0.3) is 0 Å². The fraction of sp³-hybridized carbons (Fsp3) is 0.278. The molecule has 0 radical (unpaired) electrons. The maximum absolute atomic E-state index is 12.4. The summed E-state index contributed by atoms with van der Waals surface area (Å²) >= 11 is 0. The molecule has 0 aromatic heterocycles. The van der Waals surface area contributed by atoms with Crippen LogP contribution in [0.25, 0.3) is 0 Å². The zero-order valence-electron chi connectivity index (χ0n) is 11.8. The van der Waals surface area contributed by atoms with E-state index in [0.29, 0.717) is 11.7 Å². The third kappa shape index (κ3) is 2.74. The standard InChI is InChI=1S/C18H18O2/c1-12-3-4-15(11-13(12)2)18(19)14-5-7-16(8-6-14)20-17-9-10-17/h3-8,11,17H,9-10H2,1-2H3. The average Bonchev–Trinajstić information content (AvgIpc) is 3.26. The Morgan fingerprint density at radius 3 is 2.20 bits per heavy atom. The smallest absolute Gasteiger partial charge is 0.193 e. The van der Waals surface area contributed by atoms with Crippen LogP contribution in [0.4, 0.5) is 0 Å². The number of benzene rings is 2. The Bertz CT molecular complexity index is 637. The summed E-state index contributed by atoms with van der Waals surface area (Å²) in [6, 6.07) is 13.3. The molecular weight excluding hydrogens is 248 g/mol. The van der Waals surface area contributed by atoms with Gasteiger partial charge in [-0.25, -0.2) is 0 Å². The lowest BCUT2D eigenvalue weighted by molar-refractivity contribution is 0.103. The molecule has 2 heteroatoms. The van der Waals surface area contributed by atoms with Crippen LogP contribution in [0.2, 0.25) is 0 Å². The van der Waals surface area contributed by atoms with Crippen molar-refractivity contribution in [3.8, 4) is 5.75 Å². The number of carbonyl (C=O) groups is 1. The zero-order chi connectivity index (χ0) is 14.1. The number of ether oxygens (including phenoxy) is 1. The highest BCUT2D eigenvalue weighted by molar-refractivity contribution is 6.09. The number of rotatable bonds is 4. The summed E-state index contributed by atoms with van der Waals surface area (Å²) in [4.78, 5) is 12.4. The zero-order valence-corrected chi connectivity index (χ0v) is 11.8. The van der Waals surface area contributed by atoms with Crippen LogP contribution in [0, 0.1) is 13.8 Å². The summed E-state index contributed by atoms with van der Waals surface area (Å²) in [6.45, 7) is 4.08. The van der Waals surface area contributed by atoms with E-state index in [0.717, 1.165) is 29.7 Å². The van der Waals surface area contributed by atoms with Crippen molar-refractivity contribution >= 4 is 5.78 Å². The Balaban J connectivity index is 1.80. The second kappa shape index (κ2) is 5.12. The topological polar surface area (TPSA) is 26.3 Å². The highest BCUT2D eigenvalue weighted by Gasteiger charge is 2.23. The van der Waals surface area contributed by atoms with Gasteiger partial charge in [-0.1, -0.05) is 12.1 Å². The molecule has 0 bridgehead atoms. The fourth-order valence-corrected chi connectivity index (χ4v) is 2.11. The minimum atomic E-state index is 0.0612. The van der Waals surface area contributed by atoms with Gasteiger partial charge in [0, 0.05) is 11.1 Å². The highest BCUT2D eigenvalue weighted by atomic mass is 16.5. The van der Waals surface area contributed by atoms with Gasteiger partial charge in [-0.15, -0.1) is 0 Å². The van der Waals surface area contributed by atoms with Crippen LogP contribution < -0.4 is 4.74 Å². The van der Waals surface area contributed by atoms with Crippen molar-refractivity contribution in [3.63, 3.8) is 0 Å². The van der Waals surface area contributed by atoms with Crippen molar-refractivity contribution in [1.29, 1.82) is 0 Å². The first-order valence-corrected chi connectivity index (χ1v) is 7.02. The average molecular weight is 266 g/mol. The molecule has 20 heavy (non-hydrogen) atoms. The Morgan fingerprint density at radius 2 is 1.60 bits per heavy atom. The Morgan fingerprint density at radius 1 is 0.950 bits per heavy atom. The lowest BCUT2D eigenvalue weighted by Gasteiger charge is -2.07. The van der Waals surface area contributed by atoms with E-state index >= 15 is 0 Å². The molecule has 2 aromatic rings. The van der Waals surface area contributed by atoms with E-state index in [-0.39, 0.29) is 5.78 Å². The van der Waals surface area contributed by atoms with Crippen molar-refractivity contribution < 1.29 is 9.53 Å². The molecule has 1 saturated carbocycles. The van der Waals surface area contributed by atoms with Crippen molar-refractivity contribution in [2.45, 2.75) is 32.8 Å². The predicted molar refractivity (Wildman–Crippen MR) is 79.4 cm³/mol. The lowest BCUT2D eigenvalue weighted by atomic mass is 9.99. The maximum atomic E-state index is 12.4. The van der Waals surface area contributed by atoms with Gasteiger partial charge in [-0.3, -0.25) is 4.79 Å². The number of hydrogen-bond donors (Lipinski definition) is 0. The van der Waals surface area contributed by atoms with Gasteiger partial charge in [0.15, 0.2) is 5.78 Å². The summed E-state index contributed by atoms with van der Waals surface area (Å²) in [7, 11) is 0. The van der Waals surface area contributed by atoms with Gasteiger partial charge in [-0.05, 0) is 68.1 Å². The Kier molecular flexibility index (Phi) is 3.31. The first-order valence-electron chi connectivity index (χ1n) is 7.02. The third-order valence-electron chi connectivity index (χ3n) is 3.71. The van der Waals surface area contributed by atoms with E-state index in [2.05, 4.69) is 0 Å². The van der Waals surface area contributed by atoms with Crippen molar-refractivity contribution in [2.24, 2.45) is 0 Å². The molecule has 0 heterocycles. The van der Waals surface area contributed by atoms with Gasteiger partial charge in [-0.2, -0.15) is 0 Å². The van der Waals surface area contributed by atoms with Gasteiger partial charge >= 0.3 is 0 Å². The molecule has 0 unspecified atom stereocenters. The normalized spacial score (nSPS) is 14.1. The van der Waals surface area contributed by atoms with Crippen LogP contribution in [0.5, 0.6) is 5.75 Å². The molecule has 1 aliphatic rings. The Labute approximate surface area is 119 Å². The van der Waals surface area contributed by atoms with Crippen LogP contribution in [-0.2, 0) is 0 Å². The van der Waals surface area contributed by atoms with Crippen molar-refractivity contribution in [2.75, 3.05) is 0 Å². The Hall–Kier alpha value is -2.09. The summed E-state index contributed by atoms with van der Waals surface area (Å²) in [5, 5.41) is 0. The monoisotopic (exact) mass is 266 g/mol. The van der Waals surface area contributed by atoms with Crippen LogP contribution in [0.3, 0.4) is 0 Å². The minimum absolute atomic E-state index is 0.0612. The molecule has 1 aliphatic carbocycles. The van der Waals surface area contributed by atoms with Crippen molar-refractivity contribution in [1.82, 2.24) is 0 Å². The molecule has 1 fully saturated rings. The van der Waals surface area contributed by atoms with Gasteiger partial charge < -0.3 is 4.74 Å². The van der Waals surface area contributed by atoms with Gasteiger partial charge in [0.2, 0.25) is 0 Å². The van der Waals surface area contributed by atoms with E-state index in [1.54, 1.807) is 0 Å². The molecule has 0 amide bonds. The molecule has 3 rings (SSSR count). The SMILES string of the molecule is Cc1ccc(C(=O)c2ccc(OC3CC3)cc2)cc1C. The molecule has 102 valence electrons. The summed E-state index contributed by atoms with van der Waals surface area (Å²) in [6.07, 6.45) is 2.67. The first-order chi connectivity index (χ1) is 9.63. The fourth-order valence-electron chi connectivity index (χ4n) is 2.11. The largest absolute Gasteiger partial charge is 0.490 e. The summed E-state index contributed by atoms with van der Waals surface area (Å²) in [5.41, 5.74) is 3.79. The van der Waals surface area contributed by atoms with E-state index in [4.69, 9.17) is 4.74 Å². The summed E-state index contributed by atoms with van der Waals surface area (Å²) < 4.78 is 5.69. The quantitative estimate of drug-likeness (QED) is 0.780. The van der Waals surface area contributed by atoms with E-state index in [1.165, 1.54) is 5.56 Å². The number of aryl methyl sites for hydroxylation is 2. The molecule has 0 aliphatic heterocycles. The van der Waals surface area contributed by atoms with Gasteiger partial charge in [0.05, 0.1) is 6.10 Å². The summed E-state index contributed by atoms with van der Waals surface area (Å²) in [5.74, 6) is 0.912.